The van der Waals surface area contributed by atoms with Crippen LogP contribution in [0.15, 0.2) is 22.7 Å². The van der Waals surface area contributed by atoms with Crippen LogP contribution in [0.2, 0.25) is 0 Å². The van der Waals surface area contributed by atoms with Crippen LogP contribution in [0.4, 0.5) is 0 Å². The van der Waals surface area contributed by atoms with Gasteiger partial charge in [0, 0.05) is 11.0 Å². The summed E-state index contributed by atoms with van der Waals surface area (Å²) in [6.45, 7) is 0.387. The van der Waals surface area contributed by atoms with Crippen molar-refractivity contribution in [2.75, 3.05) is 6.54 Å². The largest absolute Gasteiger partial charge is 0.508 e. The summed E-state index contributed by atoms with van der Waals surface area (Å²) >= 11 is 3.37. The van der Waals surface area contributed by atoms with Crippen molar-refractivity contribution in [2.45, 2.75) is 31.5 Å². The predicted octanol–water partition coefficient (Wildman–Crippen LogP) is 1.45. The zero-order valence-electron chi connectivity index (χ0n) is 11.2. The zero-order valence-corrected chi connectivity index (χ0v) is 12.8. The van der Waals surface area contributed by atoms with Gasteiger partial charge in [0.25, 0.3) is 0 Å². The number of phenolic OH excluding ortho intramolecular Hbond substituents is 1. The van der Waals surface area contributed by atoms with Crippen LogP contribution in [-0.4, -0.2) is 40.8 Å². The van der Waals surface area contributed by atoms with Gasteiger partial charge in [0.05, 0.1) is 0 Å². The second-order valence-electron chi connectivity index (χ2n) is 4.85. The molecular formula is C14H16BrNO5. The van der Waals surface area contributed by atoms with Crippen molar-refractivity contribution >= 4 is 27.8 Å². The Hall–Kier alpha value is -1.60. The van der Waals surface area contributed by atoms with Crippen LogP contribution in [0, 0.1) is 0 Å². The molecule has 3 N–H and O–H groups in total. The van der Waals surface area contributed by atoms with Crippen LogP contribution in [0.25, 0.3) is 0 Å². The lowest BCUT2D eigenvalue weighted by atomic mass is 10.1. The predicted molar refractivity (Wildman–Crippen MR) is 78.1 cm³/mol. The van der Waals surface area contributed by atoms with E-state index >= 15 is 0 Å². The number of rotatable bonds is 5. The van der Waals surface area contributed by atoms with Crippen LogP contribution in [0.1, 0.15) is 18.4 Å². The van der Waals surface area contributed by atoms with Gasteiger partial charge in [0.2, 0.25) is 5.91 Å². The molecule has 1 aromatic carbocycles. The smallest absolute Gasteiger partial charge is 0.332 e. The molecular weight excluding hydrogens is 342 g/mol. The number of ether oxygens (including phenoxy) is 1. The Morgan fingerprint density at radius 3 is 2.71 bits per heavy atom. The van der Waals surface area contributed by atoms with E-state index in [-0.39, 0.29) is 11.7 Å². The normalized spacial score (nSPS) is 21.2. The summed E-state index contributed by atoms with van der Waals surface area (Å²) in [6.07, 6.45) is -0.264. The number of halogens is 1. The maximum atomic E-state index is 11.9. The fourth-order valence-corrected chi connectivity index (χ4v) is 2.64. The highest BCUT2D eigenvalue weighted by Crippen LogP contribution is 2.22. The van der Waals surface area contributed by atoms with Gasteiger partial charge in [-0.3, -0.25) is 4.79 Å². The highest BCUT2D eigenvalue weighted by molar-refractivity contribution is 9.10. The van der Waals surface area contributed by atoms with E-state index in [1.165, 1.54) is 0 Å². The fraction of sp³-hybridized carbons (Fsp3) is 0.429. The number of amides is 1. The maximum Gasteiger partial charge on any atom is 0.332 e. The van der Waals surface area contributed by atoms with Crippen molar-refractivity contribution in [1.29, 1.82) is 0 Å². The molecule has 114 valence electrons. The number of hydrogen-bond donors (Lipinski definition) is 3. The SMILES string of the molecule is O=C(O)[C@@H]1CC[C@H](C(=O)NCCc2cc(O)ccc2Br)O1. The van der Waals surface area contributed by atoms with E-state index in [1.54, 1.807) is 18.2 Å². The van der Waals surface area contributed by atoms with Gasteiger partial charge in [-0.05, 0) is 43.0 Å². The fourth-order valence-electron chi connectivity index (χ4n) is 2.20. The monoisotopic (exact) mass is 357 g/mol. The van der Waals surface area contributed by atoms with Gasteiger partial charge in [0.1, 0.15) is 11.9 Å². The van der Waals surface area contributed by atoms with E-state index < -0.39 is 18.2 Å². The van der Waals surface area contributed by atoms with Crippen molar-refractivity contribution in [3.8, 4) is 5.75 Å². The number of aromatic hydroxyl groups is 1. The van der Waals surface area contributed by atoms with Gasteiger partial charge in [-0.25, -0.2) is 4.79 Å². The lowest BCUT2D eigenvalue weighted by Gasteiger charge is -2.12. The van der Waals surface area contributed by atoms with Gasteiger partial charge in [-0.1, -0.05) is 15.9 Å². The first-order valence-electron chi connectivity index (χ1n) is 6.60. The third kappa shape index (κ3) is 4.18. The standard InChI is InChI=1S/C14H16BrNO5/c15-10-2-1-9(17)7-8(10)5-6-16-13(18)11-3-4-12(21-11)14(19)20/h1-2,7,11-12,17H,3-6H2,(H,16,18)(H,19,20)/t11-,12+/m1/s1. The number of carbonyl (C=O) groups excluding carboxylic acids is 1. The molecule has 1 fully saturated rings. The lowest BCUT2D eigenvalue weighted by Crippen LogP contribution is -2.36. The summed E-state index contributed by atoms with van der Waals surface area (Å²) in [5.41, 5.74) is 0.881. The van der Waals surface area contributed by atoms with Gasteiger partial charge in [0.15, 0.2) is 6.10 Å². The number of hydrogen-bond acceptors (Lipinski definition) is 4. The second-order valence-corrected chi connectivity index (χ2v) is 5.70. The first-order chi connectivity index (χ1) is 9.97. The lowest BCUT2D eigenvalue weighted by molar-refractivity contribution is -0.151. The first-order valence-corrected chi connectivity index (χ1v) is 7.40. The van der Waals surface area contributed by atoms with Crippen molar-refractivity contribution in [3.63, 3.8) is 0 Å². The molecule has 0 saturated carbocycles. The van der Waals surface area contributed by atoms with Crippen molar-refractivity contribution in [2.24, 2.45) is 0 Å². The van der Waals surface area contributed by atoms with Gasteiger partial charge in [-0.15, -0.1) is 0 Å². The molecule has 0 aliphatic carbocycles. The summed E-state index contributed by atoms with van der Waals surface area (Å²) in [5, 5.41) is 20.9. The average Bonchev–Trinajstić information content (AvgIpc) is 2.92. The molecule has 0 radical (unpaired) electrons. The summed E-state index contributed by atoms with van der Waals surface area (Å²) in [6, 6.07) is 4.94. The highest BCUT2D eigenvalue weighted by Gasteiger charge is 2.34. The molecule has 1 saturated heterocycles. The van der Waals surface area contributed by atoms with Crippen LogP contribution in [0.5, 0.6) is 5.75 Å². The number of aliphatic carboxylic acids is 1. The Balaban J connectivity index is 1.80. The van der Waals surface area contributed by atoms with Crippen LogP contribution in [0.3, 0.4) is 0 Å². The van der Waals surface area contributed by atoms with E-state index in [9.17, 15) is 14.7 Å². The molecule has 2 rings (SSSR count). The summed E-state index contributed by atoms with van der Waals surface area (Å²) in [7, 11) is 0. The number of phenols is 1. The Morgan fingerprint density at radius 1 is 1.33 bits per heavy atom. The van der Waals surface area contributed by atoms with E-state index in [1.807, 2.05) is 0 Å². The third-order valence-electron chi connectivity index (χ3n) is 3.31. The Kier molecular flexibility index (Phi) is 5.19. The van der Waals surface area contributed by atoms with E-state index in [4.69, 9.17) is 9.84 Å². The molecule has 2 atom stereocenters. The Bertz CT molecular complexity index is 548. The van der Waals surface area contributed by atoms with Crippen molar-refractivity contribution in [3.05, 3.63) is 28.2 Å². The number of nitrogens with one attached hydrogen (secondary N) is 1. The number of carboxylic acid groups (broad SMARTS) is 1. The van der Waals surface area contributed by atoms with Crippen LogP contribution in [-0.2, 0) is 20.7 Å². The van der Waals surface area contributed by atoms with Gasteiger partial charge < -0.3 is 20.3 Å². The summed E-state index contributed by atoms with van der Waals surface area (Å²) < 4.78 is 6.03. The zero-order chi connectivity index (χ0) is 15.4. The number of carbonyl (C=O) groups is 2. The summed E-state index contributed by atoms with van der Waals surface area (Å²) in [5.74, 6) is -1.16. The highest BCUT2D eigenvalue weighted by atomic mass is 79.9. The van der Waals surface area contributed by atoms with Crippen LogP contribution >= 0.6 is 15.9 Å². The molecule has 0 spiro atoms. The van der Waals surface area contributed by atoms with Gasteiger partial charge in [-0.2, -0.15) is 0 Å². The van der Waals surface area contributed by atoms with E-state index in [2.05, 4.69) is 21.2 Å². The molecule has 0 aromatic heterocycles. The average molecular weight is 358 g/mol. The Labute approximate surface area is 130 Å². The quantitative estimate of drug-likeness (QED) is 0.741. The van der Waals surface area contributed by atoms with Gasteiger partial charge >= 0.3 is 5.97 Å². The molecule has 1 heterocycles. The number of benzene rings is 1. The molecule has 21 heavy (non-hydrogen) atoms. The molecule has 1 aliphatic heterocycles. The molecule has 7 heteroatoms. The summed E-state index contributed by atoms with van der Waals surface area (Å²) in [4.78, 5) is 22.6. The second kappa shape index (κ2) is 6.91. The minimum atomic E-state index is -1.03. The minimum absolute atomic E-state index is 0.169. The van der Waals surface area contributed by atoms with E-state index in [0.717, 1.165) is 10.0 Å². The topological polar surface area (TPSA) is 95.9 Å². The van der Waals surface area contributed by atoms with E-state index in [0.29, 0.717) is 25.8 Å². The molecule has 0 unspecified atom stereocenters. The maximum absolute atomic E-state index is 11.9. The Morgan fingerprint density at radius 2 is 2.05 bits per heavy atom. The van der Waals surface area contributed by atoms with Crippen molar-refractivity contribution in [1.82, 2.24) is 5.32 Å². The molecule has 6 nitrogen and oxygen atoms in total. The third-order valence-corrected chi connectivity index (χ3v) is 4.08. The molecule has 1 aliphatic rings. The van der Waals surface area contributed by atoms with Crippen molar-refractivity contribution < 1.29 is 24.5 Å². The molecule has 0 bridgehead atoms. The molecule has 1 amide bonds. The van der Waals surface area contributed by atoms with Crippen LogP contribution < -0.4 is 5.32 Å². The molecule has 1 aromatic rings. The minimum Gasteiger partial charge on any atom is -0.508 e. The first kappa shape index (κ1) is 15.8. The number of carboxylic acids is 1.